The monoisotopic (exact) mass is 459 g/mol. The van der Waals surface area contributed by atoms with Gasteiger partial charge in [-0.25, -0.2) is 0 Å². The van der Waals surface area contributed by atoms with Crippen molar-refractivity contribution in [1.82, 2.24) is 20.1 Å². The van der Waals surface area contributed by atoms with E-state index in [0.29, 0.717) is 27.9 Å². The summed E-state index contributed by atoms with van der Waals surface area (Å²) in [5.41, 5.74) is 1.58. The molecular formula is C22H23Cl2N5O2. The number of hydrogen-bond acceptors (Lipinski definition) is 5. The van der Waals surface area contributed by atoms with Gasteiger partial charge in [-0.15, -0.1) is 0 Å². The lowest BCUT2D eigenvalue weighted by Gasteiger charge is -2.32. The predicted octanol–water partition coefficient (Wildman–Crippen LogP) is 4.99. The molecule has 1 saturated heterocycles. The van der Waals surface area contributed by atoms with E-state index in [4.69, 9.17) is 27.9 Å². The van der Waals surface area contributed by atoms with Crippen molar-refractivity contribution in [3.8, 4) is 5.75 Å². The van der Waals surface area contributed by atoms with E-state index in [1.807, 2.05) is 25.1 Å². The van der Waals surface area contributed by atoms with Crippen LogP contribution in [0.3, 0.4) is 0 Å². The number of halogens is 2. The minimum atomic E-state index is -0.361. The van der Waals surface area contributed by atoms with E-state index in [1.165, 1.54) is 6.08 Å². The normalized spacial score (nSPS) is 17.4. The third kappa shape index (κ3) is 4.62. The molecule has 3 aromatic rings. The average molecular weight is 460 g/mol. The van der Waals surface area contributed by atoms with E-state index in [2.05, 4.69) is 27.1 Å². The smallest absolute Gasteiger partial charge is 0.246 e. The summed E-state index contributed by atoms with van der Waals surface area (Å²) in [5, 5.41) is 12.8. The number of likely N-dealkylation sites (tertiary alicyclic amines) is 1. The van der Waals surface area contributed by atoms with Gasteiger partial charge in [0.25, 0.3) is 0 Å². The summed E-state index contributed by atoms with van der Waals surface area (Å²) in [4.78, 5) is 17.8. The molecule has 0 spiro atoms. The van der Waals surface area contributed by atoms with Gasteiger partial charge in [-0.05, 0) is 44.0 Å². The Bertz CT molecular complexity index is 1100. The molecular weight excluding hydrogens is 437 g/mol. The zero-order valence-corrected chi connectivity index (χ0v) is 18.6. The van der Waals surface area contributed by atoms with Crippen molar-refractivity contribution in [2.24, 2.45) is 0 Å². The largest absolute Gasteiger partial charge is 0.486 e. The van der Waals surface area contributed by atoms with Crippen molar-refractivity contribution in [3.05, 3.63) is 58.9 Å². The van der Waals surface area contributed by atoms with Crippen LogP contribution >= 0.6 is 23.2 Å². The molecule has 0 saturated carbocycles. The fourth-order valence-electron chi connectivity index (χ4n) is 3.87. The Morgan fingerprint density at radius 2 is 2.16 bits per heavy atom. The first kappa shape index (κ1) is 21.5. The van der Waals surface area contributed by atoms with Crippen LogP contribution in [0.4, 0.5) is 5.82 Å². The molecule has 1 aliphatic heterocycles. The molecule has 31 heavy (non-hydrogen) atoms. The van der Waals surface area contributed by atoms with Gasteiger partial charge in [-0.2, -0.15) is 5.10 Å². The third-order valence-electron chi connectivity index (χ3n) is 5.39. The molecule has 0 radical (unpaired) electrons. The highest BCUT2D eigenvalue weighted by Crippen LogP contribution is 2.34. The zero-order chi connectivity index (χ0) is 22.0. The van der Waals surface area contributed by atoms with Gasteiger partial charge in [0.1, 0.15) is 11.9 Å². The average Bonchev–Trinajstić information content (AvgIpc) is 3.15. The number of nitrogens with zero attached hydrogens (tertiary/aromatic N) is 3. The SMILES string of the molecule is C=CC(=O)N1CCC[C@@H](Nc2n[nH]c3ccc(O[C@H](C)c4c(Cl)cncc4Cl)cc23)C1. The molecule has 2 N–H and O–H groups in total. The van der Waals surface area contributed by atoms with Gasteiger partial charge in [0, 0.05) is 42.5 Å². The Kier molecular flexibility index (Phi) is 6.34. The highest BCUT2D eigenvalue weighted by molar-refractivity contribution is 6.35. The van der Waals surface area contributed by atoms with Crippen LogP contribution in [0.25, 0.3) is 10.9 Å². The Morgan fingerprint density at radius 1 is 1.39 bits per heavy atom. The number of fused-ring (bicyclic) bond motifs is 1. The molecule has 2 atom stereocenters. The number of piperidine rings is 1. The summed E-state index contributed by atoms with van der Waals surface area (Å²) >= 11 is 12.5. The first-order chi connectivity index (χ1) is 15.0. The second-order valence-corrected chi connectivity index (χ2v) is 8.34. The van der Waals surface area contributed by atoms with Crippen LogP contribution in [0.1, 0.15) is 31.4 Å². The summed E-state index contributed by atoms with van der Waals surface area (Å²) in [7, 11) is 0. The molecule has 3 heterocycles. The standard InChI is InChI=1S/C22H23Cl2N5O2/c1-3-20(30)29-8-4-5-14(12-29)26-22-16-9-15(6-7-19(16)27-28-22)31-13(2)21-17(23)10-25-11-18(21)24/h3,6-7,9-11,13-14H,1,4-5,8,12H2,2H3,(H2,26,27,28)/t13-,14-/m1/s1. The predicted molar refractivity (Wildman–Crippen MR) is 123 cm³/mol. The molecule has 2 aromatic heterocycles. The first-order valence-corrected chi connectivity index (χ1v) is 10.8. The van der Waals surface area contributed by atoms with E-state index in [9.17, 15) is 4.79 Å². The van der Waals surface area contributed by atoms with Crippen LogP contribution in [-0.2, 0) is 4.79 Å². The maximum atomic E-state index is 12.0. The van der Waals surface area contributed by atoms with Crippen LogP contribution in [0.15, 0.2) is 43.2 Å². The van der Waals surface area contributed by atoms with Gasteiger partial charge < -0.3 is 15.0 Å². The van der Waals surface area contributed by atoms with Crippen molar-refractivity contribution < 1.29 is 9.53 Å². The Morgan fingerprint density at radius 3 is 2.90 bits per heavy atom. The number of benzene rings is 1. The molecule has 1 aromatic carbocycles. The van der Waals surface area contributed by atoms with E-state index in [1.54, 1.807) is 17.3 Å². The van der Waals surface area contributed by atoms with E-state index in [-0.39, 0.29) is 18.1 Å². The first-order valence-electron chi connectivity index (χ1n) is 10.1. The highest BCUT2D eigenvalue weighted by atomic mass is 35.5. The third-order valence-corrected chi connectivity index (χ3v) is 5.99. The van der Waals surface area contributed by atoms with Crippen molar-refractivity contribution in [2.75, 3.05) is 18.4 Å². The summed E-state index contributed by atoms with van der Waals surface area (Å²) < 4.78 is 6.12. The molecule has 1 amide bonds. The maximum absolute atomic E-state index is 12.0. The van der Waals surface area contributed by atoms with Crippen molar-refractivity contribution in [2.45, 2.75) is 31.9 Å². The van der Waals surface area contributed by atoms with Gasteiger partial charge in [0.05, 0.1) is 15.6 Å². The number of aromatic nitrogens is 3. The molecule has 162 valence electrons. The molecule has 1 aliphatic rings. The highest BCUT2D eigenvalue weighted by Gasteiger charge is 2.23. The quantitative estimate of drug-likeness (QED) is 0.507. The molecule has 0 bridgehead atoms. The number of carbonyl (C=O) groups is 1. The van der Waals surface area contributed by atoms with Gasteiger partial charge >= 0.3 is 0 Å². The molecule has 9 heteroatoms. The number of pyridine rings is 1. The fourth-order valence-corrected chi connectivity index (χ4v) is 4.54. The van der Waals surface area contributed by atoms with Crippen LogP contribution < -0.4 is 10.1 Å². The number of anilines is 1. The summed E-state index contributed by atoms with van der Waals surface area (Å²) in [5.74, 6) is 1.35. The van der Waals surface area contributed by atoms with E-state index < -0.39 is 0 Å². The number of ether oxygens (including phenoxy) is 1. The second-order valence-electron chi connectivity index (χ2n) is 7.53. The number of carbonyl (C=O) groups excluding carboxylic acids is 1. The Hall–Kier alpha value is -2.77. The topological polar surface area (TPSA) is 83.1 Å². The molecule has 7 nitrogen and oxygen atoms in total. The number of amides is 1. The van der Waals surface area contributed by atoms with Crippen LogP contribution in [0.5, 0.6) is 5.75 Å². The van der Waals surface area contributed by atoms with Crippen LogP contribution in [0.2, 0.25) is 10.0 Å². The van der Waals surface area contributed by atoms with E-state index in [0.717, 1.165) is 36.1 Å². The summed E-state index contributed by atoms with van der Waals surface area (Å²) in [6.45, 7) is 6.84. The summed E-state index contributed by atoms with van der Waals surface area (Å²) in [6.07, 6.45) is 5.99. The number of nitrogens with one attached hydrogen (secondary N) is 2. The lowest BCUT2D eigenvalue weighted by atomic mass is 10.1. The second kappa shape index (κ2) is 9.16. The minimum absolute atomic E-state index is 0.0449. The maximum Gasteiger partial charge on any atom is 0.246 e. The lowest BCUT2D eigenvalue weighted by molar-refractivity contribution is -0.127. The number of hydrogen-bond donors (Lipinski definition) is 2. The van der Waals surface area contributed by atoms with Crippen molar-refractivity contribution in [3.63, 3.8) is 0 Å². The fraction of sp³-hybridized carbons (Fsp3) is 0.318. The van der Waals surface area contributed by atoms with Crippen LogP contribution in [-0.4, -0.2) is 45.1 Å². The minimum Gasteiger partial charge on any atom is -0.486 e. The number of aromatic amines is 1. The van der Waals surface area contributed by atoms with Gasteiger partial charge in [0.2, 0.25) is 5.91 Å². The van der Waals surface area contributed by atoms with E-state index >= 15 is 0 Å². The molecule has 0 aliphatic carbocycles. The molecule has 0 unspecified atom stereocenters. The van der Waals surface area contributed by atoms with Crippen LogP contribution in [0, 0.1) is 0 Å². The lowest BCUT2D eigenvalue weighted by Crippen LogP contribution is -2.44. The summed E-state index contributed by atoms with van der Waals surface area (Å²) in [6, 6.07) is 5.83. The number of H-pyrrole nitrogens is 1. The Labute approximate surface area is 190 Å². The van der Waals surface area contributed by atoms with Crippen molar-refractivity contribution >= 4 is 45.8 Å². The molecule has 1 fully saturated rings. The Balaban J connectivity index is 1.52. The van der Waals surface area contributed by atoms with Crippen molar-refractivity contribution in [1.29, 1.82) is 0 Å². The number of rotatable bonds is 6. The van der Waals surface area contributed by atoms with Gasteiger partial charge in [-0.1, -0.05) is 29.8 Å². The zero-order valence-electron chi connectivity index (χ0n) is 17.1. The van der Waals surface area contributed by atoms with Gasteiger partial charge in [0.15, 0.2) is 5.82 Å². The van der Waals surface area contributed by atoms with Gasteiger partial charge in [-0.3, -0.25) is 14.9 Å². The molecule has 4 rings (SSSR count).